The van der Waals surface area contributed by atoms with E-state index < -0.39 is 5.60 Å². The average Bonchev–Trinajstić information content (AvgIpc) is 2.90. The Balaban J connectivity index is 1.63. The van der Waals surface area contributed by atoms with Crippen molar-refractivity contribution < 1.29 is 9.84 Å². The second kappa shape index (κ2) is 5.10. The van der Waals surface area contributed by atoms with Crippen LogP contribution in [0.25, 0.3) is 11.0 Å². The molecule has 0 bridgehead atoms. The van der Waals surface area contributed by atoms with Gasteiger partial charge in [-0.15, -0.1) is 0 Å². The maximum absolute atomic E-state index is 9.97. The van der Waals surface area contributed by atoms with Gasteiger partial charge in [-0.2, -0.15) is 0 Å². The van der Waals surface area contributed by atoms with E-state index in [0.717, 1.165) is 35.4 Å². The van der Waals surface area contributed by atoms with Gasteiger partial charge in [0.05, 0.1) is 23.0 Å². The smallest absolute Gasteiger partial charge is 0.129 e. The second-order valence-corrected chi connectivity index (χ2v) is 6.78. The summed E-state index contributed by atoms with van der Waals surface area (Å²) in [6, 6.07) is 14.3. The monoisotopic (exact) mass is 308 g/mol. The van der Waals surface area contributed by atoms with Crippen LogP contribution in [0, 0.1) is 6.92 Å². The van der Waals surface area contributed by atoms with Gasteiger partial charge in [-0.25, -0.2) is 4.98 Å². The minimum Gasteiger partial charge on any atom is -0.457 e. The fourth-order valence-corrected chi connectivity index (χ4v) is 3.25. The Kier molecular flexibility index (Phi) is 3.16. The van der Waals surface area contributed by atoms with Crippen LogP contribution in [0.4, 0.5) is 0 Å². The van der Waals surface area contributed by atoms with Crippen molar-refractivity contribution in [3.63, 3.8) is 0 Å². The van der Waals surface area contributed by atoms with Gasteiger partial charge in [0.25, 0.3) is 0 Å². The van der Waals surface area contributed by atoms with E-state index in [2.05, 4.69) is 16.5 Å². The van der Waals surface area contributed by atoms with E-state index in [-0.39, 0.29) is 0 Å². The van der Waals surface area contributed by atoms with Gasteiger partial charge in [0.2, 0.25) is 0 Å². The lowest BCUT2D eigenvalue weighted by atomic mass is 9.77. The van der Waals surface area contributed by atoms with Crippen LogP contribution < -0.4 is 4.74 Å². The molecule has 1 aliphatic carbocycles. The molecule has 2 aromatic carbocycles. The van der Waals surface area contributed by atoms with Crippen molar-refractivity contribution in [1.82, 2.24) is 9.55 Å². The maximum atomic E-state index is 9.97. The van der Waals surface area contributed by atoms with Gasteiger partial charge >= 0.3 is 0 Å². The van der Waals surface area contributed by atoms with E-state index in [0.29, 0.717) is 6.04 Å². The van der Waals surface area contributed by atoms with Gasteiger partial charge in [0, 0.05) is 12.1 Å². The summed E-state index contributed by atoms with van der Waals surface area (Å²) < 4.78 is 8.10. The molecule has 1 fully saturated rings. The summed E-state index contributed by atoms with van der Waals surface area (Å²) in [5.41, 5.74) is 2.67. The van der Waals surface area contributed by atoms with Crippen molar-refractivity contribution in [3.8, 4) is 11.5 Å². The second-order valence-electron chi connectivity index (χ2n) is 6.78. The molecule has 0 amide bonds. The van der Waals surface area contributed by atoms with E-state index in [9.17, 15) is 5.11 Å². The first-order valence-corrected chi connectivity index (χ1v) is 7.94. The molecule has 1 heterocycles. The van der Waals surface area contributed by atoms with Crippen molar-refractivity contribution >= 4 is 11.0 Å². The lowest BCUT2D eigenvalue weighted by Crippen LogP contribution is -2.41. The highest BCUT2D eigenvalue weighted by atomic mass is 16.5. The number of aliphatic hydroxyl groups is 1. The molecule has 0 unspecified atom stereocenters. The molecule has 3 aromatic rings. The number of rotatable bonds is 3. The molecule has 1 aliphatic rings. The molecular formula is C19H20N2O2. The van der Waals surface area contributed by atoms with Gasteiger partial charge in [0.1, 0.15) is 11.5 Å². The Morgan fingerprint density at radius 3 is 2.52 bits per heavy atom. The number of nitrogens with zero attached hydrogens (tertiary/aromatic N) is 2. The van der Waals surface area contributed by atoms with Crippen molar-refractivity contribution in [2.24, 2.45) is 0 Å². The number of aryl methyl sites for hydroxylation is 1. The predicted octanol–water partition coefficient (Wildman–Crippen LogP) is 4.22. The molecule has 1 saturated carbocycles. The number of ether oxygens (including phenoxy) is 1. The highest BCUT2D eigenvalue weighted by molar-refractivity contribution is 5.77. The zero-order valence-corrected chi connectivity index (χ0v) is 13.4. The molecule has 0 aliphatic heterocycles. The van der Waals surface area contributed by atoms with Crippen LogP contribution >= 0.6 is 0 Å². The molecule has 0 saturated heterocycles. The molecule has 118 valence electrons. The zero-order chi connectivity index (χ0) is 16.0. The van der Waals surface area contributed by atoms with Crippen LogP contribution in [-0.2, 0) is 0 Å². The Bertz CT molecular complexity index is 841. The van der Waals surface area contributed by atoms with Crippen LogP contribution in [-0.4, -0.2) is 20.3 Å². The number of hydrogen-bond donors (Lipinski definition) is 1. The van der Waals surface area contributed by atoms with Crippen LogP contribution in [0.15, 0.2) is 48.8 Å². The topological polar surface area (TPSA) is 47.3 Å². The summed E-state index contributed by atoms with van der Waals surface area (Å²) in [5, 5.41) is 9.97. The highest BCUT2D eigenvalue weighted by Crippen LogP contribution is 2.42. The third kappa shape index (κ3) is 2.70. The minimum atomic E-state index is -0.544. The number of aromatic nitrogens is 2. The van der Waals surface area contributed by atoms with Crippen LogP contribution in [0.2, 0.25) is 0 Å². The molecule has 1 aromatic heterocycles. The first-order chi connectivity index (χ1) is 11.0. The SMILES string of the molecule is Cc1ccc(Oc2ccc3ncn([C@H]4C[C@@](C)(O)C4)c3c2)cc1. The molecule has 1 N–H and O–H groups in total. The van der Waals surface area contributed by atoms with E-state index >= 15 is 0 Å². The van der Waals surface area contributed by atoms with Crippen LogP contribution in [0.3, 0.4) is 0 Å². The fourth-order valence-electron chi connectivity index (χ4n) is 3.25. The number of hydrogen-bond acceptors (Lipinski definition) is 3. The Morgan fingerprint density at radius 1 is 1.13 bits per heavy atom. The Labute approximate surface area is 135 Å². The first-order valence-electron chi connectivity index (χ1n) is 7.94. The van der Waals surface area contributed by atoms with Gasteiger partial charge in [-0.05, 0) is 51.0 Å². The average molecular weight is 308 g/mol. The van der Waals surface area contributed by atoms with Gasteiger partial charge in [-0.3, -0.25) is 0 Å². The molecular weight excluding hydrogens is 288 g/mol. The number of benzene rings is 2. The van der Waals surface area contributed by atoms with E-state index in [1.54, 1.807) is 0 Å². The fraction of sp³-hybridized carbons (Fsp3) is 0.316. The normalized spacial score (nSPS) is 23.7. The van der Waals surface area contributed by atoms with Crippen LogP contribution in [0.1, 0.15) is 31.4 Å². The molecule has 0 atom stereocenters. The molecule has 4 nitrogen and oxygen atoms in total. The molecule has 0 radical (unpaired) electrons. The first kappa shape index (κ1) is 14.3. The van der Waals surface area contributed by atoms with E-state index in [1.807, 2.05) is 55.7 Å². The summed E-state index contributed by atoms with van der Waals surface area (Å²) >= 11 is 0. The summed E-state index contributed by atoms with van der Waals surface area (Å²) in [5.74, 6) is 1.63. The summed E-state index contributed by atoms with van der Waals surface area (Å²) in [4.78, 5) is 4.45. The molecule has 4 heteroatoms. The quantitative estimate of drug-likeness (QED) is 0.788. The van der Waals surface area contributed by atoms with Crippen molar-refractivity contribution in [2.75, 3.05) is 0 Å². The molecule has 0 spiro atoms. The van der Waals surface area contributed by atoms with Crippen molar-refractivity contribution in [1.29, 1.82) is 0 Å². The molecule has 23 heavy (non-hydrogen) atoms. The van der Waals surface area contributed by atoms with Gasteiger partial charge in [0.15, 0.2) is 0 Å². The summed E-state index contributed by atoms with van der Waals surface area (Å²) in [7, 11) is 0. The predicted molar refractivity (Wildman–Crippen MR) is 89.9 cm³/mol. The lowest BCUT2D eigenvalue weighted by molar-refractivity contribution is -0.0498. The maximum Gasteiger partial charge on any atom is 0.129 e. The van der Waals surface area contributed by atoms with Crippen LogP contribution in [0.5, 0.6) is 11.5 Å². The Hall–Kier alpha value is -2.33. The third-order valence-corrected chi connectivity index (χ3v) is 4.55. The standard InChI is InChI=1S/C19H20N2O2/c1-13-3-5-15(6-4-13)23-16-7-8-17-18(9-16)21(12-20-17)14-10-19(2,22)11-14/h3-9,12,14,22H,10-11H2,1-2H3/t14-,19+. The highest BCUT2D eigenvalue weighted by Gasteiger charge is 2.39. The summed E-state index contributed by atoms with van der Waals surface area (Å²) in [6.45, 7) is 3.94. The number of fused-ring (bicyclic) bond motifs is 1. The third-order valence-electron chi connectivity index (χ3n) is 4.55. The van der Waals surface area contributed by atoms with Crippen molar-refractivity contribution in [3.05, 3.63) is 54.4 Å². The van der Waals surface area contributed by atoms with E-state index in [1.165, 1.54) is 5.56 Å². The zero-order valence-electron chi connectivity index (χ0n) is 13.4. The van der Waals surface area contributed by atoms with Gasteiger partial charge in [-0.1, -0.05) is 17.7 Å². The largest absolute Gasteiger partial charge is 0.457 e. The minimum absolute atomic E-state index is 0.310. The lowest BCUT2D eigenvalue weighted by Gasteiger charge is -2.41. The molecule has 4 rings (SSSR count). The Morgan fingerprint density at radius 2 is 1.83 bits per heavy atom. The van der Waals surface area contributed by atoms with Gasteiger partial charge < -0.3 is 14.4 Å². The summed E-state index contributed by atoms with van der Waals surface area (Å²) in [6.07, 6.45) is 3.39. The number of imidazole rings is 1. The van der Waals surface area contributed by atoms with Crippen molar-refractivity contribution in [2.45, 2.75) is 38.3 Å². The van der Waals surface area contributed by atoms with E-state index in [4.69, 9.17) is 4.74 Å².